The van der Waals surface area contributed by atoms with Crippen molar-refractivity contribution in [3.8, 4) is 0 Å². The highest BCUT2D eigenvalue weighted by atomic mass is 32.2. The standard InChI is InChI=1S/C24H29N5O3S/c1-15-20(17(3)30)16(2)25-21(15)22(31)18(4)33-24-27-26-23(28-10-12-32-13-11-28)29(24)14-19-8-6-5-7-9-19/h5-9,18,25H,10-14H2,1-4H3/t18-/m0/s1. The van der Waals surface area contributed by atoms with Gasteiger partial charge in [0.05, 0.1) is 30.7 Å². The summed E-state index contributed by atoms with van der Waals surface area (Å²) in [6.07, 6.45) is 0. The molecule has 8 nitrogen and oxygen atoms in total. The SMILES string of the molecule is CC(=O)c1c(C)[nH]c(C(=O)[C@H](C)Sc2nnc(N3CCOCC3)n2Cc2ccccc2)c1C. The number of rotatable bonds is 8. The lowest BCUT2D eigenvalue weighted by molar-refractivity contribution is 0.0988. The molecule has 33 heavy (non-hydrogen) atoms. The third-order valence-corrected chi connectivity index (χ3v) is 6.94. The van der Waals surface area contributed by atoms with E-state index in [1.54, 1.807) is 0 Å². The van der Waals surface area contributed by atoms with E-state index in [0.29, 0.717) is 41.7 Å². The maximum absolute atomic E-state index is 13.3. The van der Waals surface area contributed by atoms with E-state index >= 15 is 0 Å². The topological polar surface area (TPSA) is 93.1 Å². The van der Waals surface area contributed by atoms with E-state index in [2.05, 4.69) is 36.8 Å². The van der Waals surface area contributed by atoms with Crippen LogP contribution in [0, 0.1) is 13.8 Å². The first kappa shape index (κ1) is 23.3. The number of hydrogen-bond donors (Lipinski definition) is 1. The number of nitrogens with zero attached hydrogens (tertiary/aromatic N) is 4. The molecular weight excluding hydrogens is 438 g/mol. The molecule has 0 unspecified atom stereocenters. The fraction of sp³-hybridized carbons (Fsp3) is 0.417. The zero-order chi connectivity index (χ0) is 23.5. The van der Waals surface area contributed by atoms with E-state index in [9.17, 15) is 9.59 Å². The van der Waals surface area contributed by atoms with Crippen molar-refractivity contribution < 1.29 is 14.3 Å². The van der Waals surface area contributed by atoms with E-state index in [1.807, 2.05) is 39.0 Å². The number of H-pyrrole nitrogens is 1. The minimum absolute atomic E-state index is 0.0432. The van der Waals surface area contributed by atoms with Crippen molar-refractivity contribution in [2.45, 2.75) is 44.6 Å². The number of Topliss-reactive ketones (excluding diaryl/α,β-unsaturated/α-hetero) is 2. The van der Waals surface area contributed by atoms with E-state index in [0.717, 1.165) is 30.3 Å². The number of aromatic nitrogens is 4. The number of aryl methyl sites for hydroxylation is 1. The summed E-state index contributed by atoms with van der Waals surface area (Å²) in [4.78, 5) is 30.6. The number of anilines is 1. The van der Waals surface area contributed by atoms with Gasteiger partial charge in [-0.2, -0.15) is 0 Å². The van der Waals surface area contributed by atoms with Crippen molar-refractivity contribution in [3.05, 3.63) is 58.4 Å². The second-order valence-corrected chi connectivity index (χ2v) is 9.57. The second-order valence-electron chi connectivity index (χ2n) is 8.26. The molecule has 4 rings (SSSR count). The van der Waals surface area contributed by atoms with E-state index in [-0.39, 0.29) is 11.6 Å². The molecule has 1 atom stereocenters. The summed E-state index contributed by atoms with van der Waals surface area (Å²) in [6.45, 7) is 10.4. The normalized spacial score (nSPS) is 15.0. The van der Waals surface area contributed by atoms with Gasteiger partial charge >= 0.3 is 0 Å². The summed E-state index contributed by atoms with van der Waals surface area (Å²) >= 11 is 1.39. The van der Waals surface area contributed by atoms with Crippen LogP contribution in [0.25, 0.3) is 0 Å². The van der Waals surface area contributed by atoms with Crippen LogP contribution in [0.4, 0.5) is 5.95 Å². The van der Waals surface area contributed by atoms with Gasteiger partial charge in [-0.25, -0.2) is 0 Å². The third kappa shape index (κ3) is 4.89. The highest BCUT2D eigenvalue weighted by molar-refractivity contribution is 8.00. The number of ketones is 2. The Morgan fingerprint density at radius 1 is 1.15 bits per heavy atom. The number of aromatic amines is 1. The average molecular weight is 468 g/mol. The van der Waals surface area contributed by atoms with Gasteiger partial charge in [-0.3, -0.25) is 14.2 Å². The molecule has 3 heterocycles. The van der Waals surface area contributed by atoms with Crippen molar-refractivity contribution in [3.63, 3.8) is 0 Å². The highest BCUT2D eigenvalue weighted by Crippen LogP contribution is 2.30. The molecule has 0 spiro atoms. The van der Waals surface area contributed by atoms with Crippen LogP contribution in [0.1, 0.15) is 51.5 Å². The summed E-state index contributed by atoms with van der Waals surface area (Å²) in [5, 5.41) is 9.22. The van der Waals surface area contributed by atoms with E-state index < -0.39 is 5.25 Å². The Morgan fingerprint density at radius 2 is 1.85 bits per heavy atom. The summed E-state index contributed by atoms with van der Waals surface area (Å²) in [5.41, 5.74) is 3.65. The number of morpholine rings is 1. The number of thioether (sulfide) groups is 1. The molecule has 2 aromatic heterocycles. The monoisotopic (exact) mass is 467 g/mol. The van der Waals surface area contributed by atoms with Gasteiger partial charge in [0.25, 0.3) is 0 Å². The van der Waals surface area contributed by atoms with Crippen LogP contribution in [0.2, 0.25) is 0 Å². The van der Waals surface area contributed by atoms with Crippen molar-refractivity contribution >= 4 is 29.3 Å². The molecule has 0 radical (unpaired) electrons. The highest BCUT2D eigenvalue weighted by Gasteiger charge is 2.27. The predicted molar refractivity (Wildman–Crippen MR) is 129 cm³/mol. The Bertz CT molecular complexity index is 1150. The lowest BCUT2D eigenvalue weighted by Gasteiger charge is -2.28. The average Bonchev–Trinajstić information content (AvgIpc) is 3.34. The number of carbonyl (C=O) groups excluding carboxylic acids is 2. The van der Waals surface area contributed by atoms with Gasteiger partial charge in [0.15, 0.2) is 16.7 Å². The van der Waals surface area contributed by atoms with Crippen LogP contribution in [0.3, 0.4) is 0 Å². The molecule has 174 valence electrons. The fourth-order valence-corrected chi connectivity index (χ4v) is 5.11. The largest absolute Gasteiger partial charge is 0.378 e. The van der Waals surface area contributed by atoms with Crippen molar-refractivity contribution in [1.29, 1.82) is 0 Å². The number of nitrogens with one attached hydrogen (secondary N) is 1. The zero-order valence-corrected chi connectivity index (χ0v) is 20.2. The smallest absolute Gasteiger partial charge is 0.228 e. The molecule has 0 amide bonds. The molecule has 0 saturated carbocycles. The van der Waals surface area contributed by atoms with Gasteiger partial charge < -0.3 is 14.6 Å². The van der Waals surface area contributed by atoms with Crippen molar-refractivity contribution in [2.24, 2.45) is 0 Å². The zero-order valence-electron chi connectivity index (χ0n) is 19.4. The van der Waals surface area contributed by atoms with Crippen LogP contribution in [-0.2, 0) is 11.3 Å². The van der Waals surface area contributed by atoms with Crippen LogP contribution >= 0.6 is 11.8 Å². The molecule has 0 bridgehead atoms. The molecule has 9 heteroatoms. The lowest BCUT2D eigenvalue weighted by atomic mass is 10.0. The summed E-state index contributed by atoms with van der Waals surface area (Å²) in [7, 11) is 0. The van der Waals surface area contributed by atoms with Gasteiger partial charge in [-0.1, -0.05) is 42.1 Å². The molecule has 3 aromatic rings. The fourth-order valence-electron chi connectivity index (χ4n) is 4.21. The van der Waals surface area contributed by atoms with Gasteiger partial charge in [-0.15, -0.1) is 10.2 Å². The van der Waals surface area contributed by atoms with Crippen LogP contribution in [0.5, 0.6) is 0 Å². The van der Waals surface area contributed by atoms with Crippen LogP contribution in [-0.4, -0.2) is 62.9 Å². The number of benzene rings is 1. The Labute approximate surface area is 197 Å². The molecule has 1 saturated heterocycles. The maximum atomic E-state index is 13.3. The Kier molecular flexibility index (Phi) is 6.99. The van der Waals surface area contributed by atoms with E-state index in [4.69, 9.17) is 4.74 Å². The van der Waals surface area contributed by atoms with Crippen molar-refractivity contribution in [1.82, 2.24) is 19.7 Å². The molecule has 1 N–H and O–H groups in total. The summed E-state index contributed by atoms with van der Waals surface area (Å²) < 4.78 is 7.57. The third-order valence-electron chi connectivity index (χ3n) is 5.86. The van der Waals surface area contributed by atoms with Crippen LogP contribution in [0.15, 0.2) is 35.5 Å². The molecule has 1 fully saturated rings. The molecule has 1 aliphatic heterocycles. The minimum Gasteiger partial charge on any atom is -0.378 e. The Hall–Kier alpha value is -2.91. The molecule has 1 aromatic carbocycles. The molecular formula is C24H29N5O3S. The number of hydrogen-bond acceptors (Lipinski definition) is 7. The first-order valence-electron chi connectivity index (χ1n) is 11.1. The Balaban J connectivity index is 1.62. The van der Waals surface area contributed by atoms with Gasteiger partial charge in [0.2, 0.25) is 5.95 Å². The minimum atomic E-state index is -0.405. The Morgan fingerprint density at radius 3 is 2.48 bits per heavy atom. The van der Waals surface area contributed by atoms with Gasteiger partial charge in [0, 0.05) is 24.3 Å². The predicted octanol–water partition coefficient (Wildman–Crippen LogP) is 3.67. The first-order chi connectivity index (χ1) is 15.9. The van der Waals surface area contributed by atoms with Crippen LogP contribution < -0.4 is 4.90 Å². The summed E-state index contributed by atoms with van der Waals surface area (Å²) in [5.74, 6) is 0.684. The quantitative estimate of drug-likeness (QED) is 0.399. The molecule has 0 aliphatic carbocycles. The lowest BCUT2D eigenvalue weighted by Crippen LogP contribution is -2.38. The summed E-state index contributed by atoms with van der Waals surface area (Å²) in [6, 6.07) is 10.2. The van der Waals surface area contributed by atoms with Gasteiger partial charge in [-0.05, 0) is 38.8 Å². The molecule has 1 aliphatic rings. The van der Waals surface area contributed by atoms with Crippen molar-refractivity contribution in [2.75, 3.05) is 31.2 Å². The number of ether oxygens (including phenoxy) is 1. The van der Waals surface area contributed by atoms with Gasteiger partial charge in [0.1, 0.15) is 0 Å². The second kappa shape index (κ2) is 9.93. The number of carbonyl (C=O) groups is 2. The first-order valence-corrected chi connectivity index (χ1v) is 12.0. The van der Waals surface area contributed by atoms with E-state index in [1.165, 1.54) is 18.7 Å². The maximum Gasteiger partial charge on any atom is 0.228 e.